The topological polar surface area (TPSA) is 59.4 Å². The molecule has 7 heteroatoms. The Labute approximate surface area is 159 Å². The number of likely N-dealkylation sites (N-methyl/N-ethyl adjacent to an activating group) is 1. The van der Waals surface area contributed by atoms with E-state index in [1.165, 1.54) is 12.1 Å². The van der Waals surface area contributed by atoms with Crippen LogP contribution in [-0.4, -0.2) is 54.3 Å². The second-order valence-corrected chi connectivity index (χ2v) is 9.37. The number of carbonyl (C=O) groups excluding carboxylic acids is 1. The Kier molecular flexibility index (Phi) is 5.53. The van der Waals surface area contributed by atoms with Crippen LogP contribution in [-0.2, 0) is 9.84 Å². The molecule has 1 aliphatic rings. The molecular weight excluding hydrogens is 367 g/mol. The molecule has 1 saturated heterocycles. The summed E-state index contributed by atoms with van der Waals surface area (Å²) in [5.74, 6) is -0.00493. The minimum Gasteiger partial charge on any atom is -0.318 e. The lowest BCUT2D eigenvalue weighted by Crippen LogP contribution is -2.39. The lowest BCUT2D eigenvalue weighted by molar-refractivity contribution is 0.0906. The van der Waals surface area contributed by atoms with Gasteiger partial charge in [-0.05, 0) is 57.1 Å². The van der Waals surface area contributed by atoms with Gasteiger partial charge in [0.15, 0.2) is 15.6 Å². The standard InChI is InChI=1S/C20H25FN2O3S/c1-4-22(18-9-10-27(25,26)13-18)12-20(24)19-11-14(2)23(15(19)3)17-7-5-16(21)6-8-17/h5-8,11,18H,4,9-10,12-13H2,1-3H3. The maximum Gasteiger partial charge on any atom is 0.178 e. The summed E-state index contributed by atoms with van der Waals surface area (Å²) in [5.41, 5.74) is 3.13. The Morgan fingerprint density at radius 3 is 2.48 bits per heavy atom. The van der Waals surface area contributed by atoms with Gasteiger partial charge in [0.25, 0.3) is 0 Å². The van der Waals surface area contributed by atoms with Crippen LogP contribution in [0.4, 0.5) is 4.39 Å². The molecule has 2 heterocycles. The number of nitrogens with zero attached hydrogens (tertiary/aromatic N) is 2. The monoisotopic (exact) mass is 392 g/mol. The molecule has 146 valence electrons. The van der Waals surface area contributed by atoms with Gasteiger partial charge >= 0.3 is 0 Å². The van der Waals surface area contributed by atoms with Crippen LogP contribution < -0.4 is 0 Å². The van der Waals surface area contributed by atoms with E-state index in [1.54, 1.807) is 12.1 Å². The summed E-state index contributed by atoms with van der Waals surface area (Å²) in [6.07, 6.45) is 0.581. The largest absolute Gasteiger partial charge is 0.318 e. The summed E-state index contributed by atoms with van der Waals surface area (Å²) < 4.78 is 38.7. The van der Waals surface area contributed by atoms with E-state index < -0.39 is 9.84 Å². The van der Waals surface area contributed by atoms with E-state index in [4.69, 9.17) is 0 Å². The summed E-state index contributed by atoms with van der Waals surface area (Å²) in [5, 5.41) is 0. The second kappa shape index (κ2) is 7.56. The summed E-state index contributed by atoms with van der Waals surface area (Å²) in [7, 11) is -2.99. The fourth-order valence-electron chi connectivity index (χ4n) is 3.86. The molecule has 0 spiro atoms. The zero-order valence-electron chi connectivity index (χ0n) is 15.9. The van der Waals surface area contributed by atoms with Gasteiger partial charge in [-0.3, -0.25) is 9.69 Å². The number of Topliss-reactive ketones (excluding diaryl/α,β-unsaturated/α-hetero) is 1. The van der Waals surface area contributed by atoms with Crippen molar-refractivity contribution in [3.8, 4) is 5.69 Å². The number of aryl methyl sites for hydroxylation is 1. The zero-order chi connectivity index (χ0) is 19.8. The van der Waals surface area contributed by atoms with Gasteiger partial charge in [0.2, 0.25) is 0 Å². The lowest BCUT2D eigenvalue weighted by atomic mass is 10.1. The zero-order valence-corrected chi connectivity index (χ0v) is 16.7. The van der Waals surface area contributed by atoms with Crippen molar-refractivity contribution in [3.63, 3.8) is 0 Å². The molecule has 1 unspecified atom stereocenters. The Hall–Kier alpha value is -1.99. The predicted molar refractivity (Wildman–Crippen MR) is 104 cm³/mol. The third-order valence-electron chi connectivity index (χ3n) is 5.29. The van der Waals surface area contributed by atoms with E-state index in [2.05, 4.69) is 0 Å². The highest BCUT2D eigenvalue weighted by Crippen LogP contribution is 2.23. The average molecular weight is 392 g/mol. The summed E-state index contributed by atoms with van der Waals surface area (Å²) in [4.78, 5) is 14.9. The smallest absolute Gasteiger partial charge is 0.178 e. The van der Waals surface area contributed by atoms with Crippen LogP contribution in [0.15, 0.2) is 30.3 Å². The highest BCUT2D eigenvalue weighted by atomic mass is 32.2. The van der Waals surface area contributed by atoms with Crippen LogP contribution in [0.1, 0.15) is 35.1 Å². The van der Waals surface area contributed by atoms with Crippen LogP contribution in [0, 0.1) is 19.7 Å². The number of halogens is 1. The highest BCUT2D eigenvalue weighted by Gasteiger charge is 2.32. The second-order valence-electron chi connectivity index (χ2n) is 7.14. The van der Waals surface area contributed by atoms with Crippen molar-refractivity contribution in [3.05, 3.63) is 53.1 Å². The van der Waals surface area contributed by atoms with Gasteiger partial charge in [0.1, 0.15) is 5.82 Å². The molecule has 5 nitrogen and oxygen atoms in total. The van der Waals surface area contributed by atoms with Crippen LogP contribution in [0.5, 0.6) is 0 Å². The van der Waals surface area contributed by atoms with Gasteiger partial charge in [-0.25, -0.2) is 12.8 Å². The van der Waals surface area contributed by atoms with Gasteiger partial charge in [0.05, 0.1) is 18.1 Å². The van der Waals surface area contributed by atoms with Gasteiger partial charge in [-0.1, -0.05) is 6.92 Å². The first-order chi connectivity index (χ1) is 12.7. The van der Waals surface area contributed by atoms with Gasteiger partial charge in [0, 0.05) is 28.7 Å². The minimum atomic E-state index is -2.99. The molecule has 0 N–H and O–H groups in total. The quantitative estimate of drug-likeness (QED) is 0.710. The fraction of sp³-hybridized carbons (Fsp3) is 0.450. The third kappa shape index (κ3) is 4.14. The van der Waals surface area contributed by atoms with Crippen molar-refractivity contribution in [2.45, 2.75) is 33.2 Å². The SMILES string of the molecule is CCN(CC(=O)c1cc(C)n(-c2ccc(F)cc2)c1C)C1CCS(=O)(=O)C1. The number of sulfone groups is 1. The summed E-state index contributed by atoms with van der Waals surface area (Å²) in [6.45, 7) is 6.56. The molecule has 1 fully saturated rings. The Balaban J connectivity index is 1.83. The van der Waals surface area contributed by atoms with Crippen molar-refractivity contribution in [2.24, 2.45) is 0 Å². The molecule has 1 atom stereocenters. The first kappa shape index (κ1) is 19.8. The first-order valence-corrected chi connectivity index (χ1v) is 11.0. The third-order valence-corrected chi connectivity index (χ3v) is 7.04. The van der Waals surface area contributed by atoms with Crippen molar-refractivity contribution in [1.82, 2.24) is 9.47 Å². The van der Waals surface area contributed by atoms with Gasteiger partial charge in [-0.2, -0.15) is 0 Å². The van der Waals surface area contributed by atoms with Crippen molar-refractivity contribution in [1.29, 1.82) is 0 Å². The summed E-state index contributed by atoms with van der Waals surface area (Å²) in [6, 6.07) is 7.92. The maximum atomic E-state index is 13.2. The number of benzene rings is 1. The van der Waals surface area contributed by atoms with E-state index in [-0.39, 0.29) is 35.7 Å². The van der Waals surface area contributed by atoms with Gasteiger partial charge < -0.3 is 4.57 Å². The lowest BCUT2D eigenvalue weighted by Gasteiger charge is -2.25. The number of ketones is 1. The number of hydrogen-bond donors (Lipinski definition) is 0. The molecule has 0 radical (unpaired) electrons. The summed E-state index contributed by atoms with van der Waals surface area (Å²) >= 11 is 0. The molecule has 1 aliphatic heterocycles. The van der Waals surface area contributed by atoms with E-state index in [1.807, 2.05) is 36.3 Å². The van der Waals surface area contributed by atoms with Crippen molar-refractivity contribution >= 4 is 15.6 Å². The van der Waals surface area contributed by atoms with Crippen LogP contribution >= 0.6 is 0 Å². The Morgan fingerprint density at radius 1 is 1.26 bits per heavy atom. The molecule has 2 aromatic rings. The number of aromatic nitrogens is 1. The maximum absolute atomic E-state index is 13.2. The fourth-order valence-corrected chi connectivity index (χ4v) is 5.63. The number of rotatable bonds is 6. The van der Waals surface area contributed by atoms with Crippen LogP contribution in [0.25, 0.3) is 5.69 Å². The molecule has 0 bridgehead atoms. The first-order valence-electron chi connectivity index (χ1n) is 9.14. The van der Waals surface area contributed by atoms with E-state index in [0.717, 1.165) is 17.1 Å². The molecule has 0 aliphatic carbocycles. The Morgan fingerprint density at radius 2 is 1.93 bits per heavy atom. The highest BCUT2D eigenvalue weighted by molar-refractivity contribution is 7.91. The van der Waals surface area contributed by atoms with Gasteiger partial charge in [-0.15, -0.1) is 0 Å². The van der Waals surface area contributed by atoms with Crippen molar-refractivity contribution in [2.75, 3.05) is 24.6 Å². The molecule has 0 amide bonds. The van der Waals surface area contributed by atoms with E-state index in [0.29, 0.717) is 18.5 Å². The molecule has 0 saturated carbocycles. The van der Waals surface area contributed by atoms with Crippen LogP contribution in [0.3, 0.4) is 0 Å². The Bertz CT molecular complexity index is 948. The van der Waals surface area contributed by atoms with E-state index >= 15 is 0 Å². The van der Waals surface area contributed by atoms with E-state index in [9.17, 15) is 17.6 Å². The average Bonchev–Trinajstić information content (AvgIpc) is 3.12. The van der Waals surface area contributed by atoms with Crippen LogP contribution in [0.2, 0.25) is 0 Å². The minimum absolute atomic E-state index is 0.0254. The predicted octanol–water partition coefficient (Wildman–Crippen LogP) is 2.92. The molecule has 27 heavy (non-hydrogen) atoms. The normalized spacial score (nSPS) is 18.9. The number of carbonyl (C=O) groups is 1. The van der Waals surface area contributed by atoms with Crippen molar-refractivity contribution < 1.29 is 17.6 Å². The number of hydrogen-bond acceptors (Lipinski definition) is 4. The molecule has 3 rings (SSSR count). The molecule has 1 aromatic heterocycles. The molecule has 1 aromatic carbocycles. The molecular formula is C20H25FN2O3S.